The topological polar surface area (TPSA) is 71.3 Å². The maximum absolute atomic E-state index is 11.1. The van der Waals surface area contributed by atoms with Gasteiger partial charge in [0.1, 0.15) is 6.04 Å². The van der Waals surface area contributed by atoms with Crippen molar-refractivity contribution < 1.29 is 4.92 Å². The van der Waals surface area contributed by atoms with E-state index in [0.717, 1.165) is 57.5 Å². The van der Waals surface area contributed by atoms with Crippen LogP contribution < -0.4 is 10.4 Å². The molecule has 1 aliphatic heterocycles. The molecule has 0 bridgehead atoms. The first-order valence-electron chi connectivity index (χ1n) is 12.2. The Morgan fingerprint density at radius 1 is 0.974 bits per heavy atom. The summed E-state index contributed by atoms with van der Waals surface area (Å²) >= 11 is 13.9. The zero-order valence-corrected chi connectivity index (χ0v) is 22.4. The summed E-state index contributed by atoms with van der Waals surface area (Å²) in [5.41, 5.74) is 11.3. The molecule has 6 nitrogen and oxygen atoms in total. The largest absolute Gasteiger partial charge is 0.295 e. The van der Waals surface area contributed by atoms with Gasteiger partial charge in [-0.3, -0.25) is 15.5 Å². The van der Waals surface area contributed by atoms with E-state index in [0.29, 0.717) is 5.02 Å². The maximum Gasteiger partial charge on any atom is 0.269 e. The minimum absolute atomic E-state index is 0.0351. The lowest BCUT2D eigenvalue weighted by Crippen LogP contribution is -2.34. The molecule has 2 heterocycles. The SMILES string of the molecule is O=[N+]([O-])c1ccc(-c2csc(N3NC4=C(CCC/C4=C/c4ccc(Cl)cc4)[C@H]3c3ccc(Cl)cc3)n2)cc1. The lowest BCUT2D eigenvalue weighted by molar-refractivity contribution is -0.384. The Bertz CT molecular complexity index is 1560. The number of rotatable bonds is 5. The molecule has 190 valence electrons. The predicted octanol–water partition coefficient (Wildman–Crippen LogP) is 8.61. The Labute approximate surface area is 234 Å². The van der Waals surface area contributed by atoms with E-state index in [2.05, 4.69) is 28.6 Å². The summed E-state index contributed by atoms with van der Waals surface area (Å²) in [6.07, 6.45) is 5.24. The summed E-state index contributed by atoms with van der Waals surface area (Å²) in [6, 6.07) is 22.3. The third-order valence-electron chi connectivity index (χ3n) is 6.82. The number of halogens is 2. The van der Waals surface area contributed by atoms with Gasteiger partial charge >= 0.3 is 0 Å². The molecule has 0 spiro atoms. The highest BCUT2D eigenvalue weighted by Crippen LogP contribution is 2.46. The van der Waals surface area contributed by atoms with Crippen molar-refractivity contribution in [3.63, 3.8) is 0 Å². The van der Waals surface area contributed by atoms with Gasteiger partial charge in [-0.15, -0.1) is 11.3 Å². The Morgan fingerprint density at radius 3 is 2.34 bits per heavy atom. The fourth-order valence-corrected chi connectivity index (χ4v) is 6.08. The van der Waals surface area contributed by atoms with Crippen LogP contribution >= 0.6 is 34.5 Å². The number of anilines is 1. The van der Waals surface area contributed by atoms with E-state index in [1.54, 1.807) is 12.1 Å². The average Bonchev–Trinajstić information content (AvgIpc) is 3.57. The van der Waals surface area contributed by atoms with Crippen molar-refractivity contribution in [2.45, 2.75) is 25.3 Å². The minimum Gasteiger partial charge on any atom is -0.295 e. The second-order valence-electron chi connectivity index (χ2n) is 9.23. The van der Waals surface area contributed by atoms with Gasteiger partial charge in [0.05, 0.1) is 16.3 Å². The molecular weight excluding hydrogens is 539 g/mol. The van der Waals surface area contributed by atoms with Crippen LogP contribution in [0.4, 0.5) is 10.8 Å². The first kappa shape index (κ1) is 24.7. The van der Waals surface area contributed by atoms with Crippen molar-refractivity contribution in [3.05, 3.63) is 126 Å². The first-order chi connectivity index (χ1) is 18.5. The number of hydrogen-bond donors (Lipinski definition) is 1. The molecule has 9 heteroatoms. The van der Waals surface area contributed by atoms with Gasteiger partial charge in [-0.25, -0.2) is 9.99 Å². The number of aromatic nitrogens is 1. The van der Waals surface area contributed by atoms with Crippen LogP contribution in [-0.4, -0.2) is 9.91 Å². The number of benzene rings is 3. The van der Waals surface area contributed by atoms with Crippen LogP contribution in [0.1, 0.15) is 36.4 Å². The molecule has 6 rings (SSSR count). The molecule has 0 amide bonds. The molecule has 1 aliphatic carbocycles. The maximum atomic E-state index is 11.1. The average molecular weight is 561 g/mol. The second kappa shape index (κ2) is 10.3. The molecule has 1 aromatic heterocycles. The summed E-state index contributed by atoms with van der Waals surface area (Å²) in [6.45, 7) is 0. The van der Waals surface area contributed by atoms with Crippen molar-refractivity contribution in [1.82, 2.24) is 10.4 Å². The second-order valence-corrected chi connectivity index (χ2v) is 10.9. The monoisotopic (exact) mass is 560 g/mol. The van der Waals surface area contributed by atoms with Crippen molar-refractivity contribution in [2.24, 2.45) is 0 Å². The summed E-state index contributed by atoms with van der Waals surface area (Å²) in [5.74, 6) is 0. The van der Waals surface area contributed by atoms with Crippen molar-refractivity contribution in [3.8, 4) is 11.3 Å². The van der Waals surface area contributed by atoms with Crippen LogP contribution in [0, 0.1) is 10.1 Å². The normalized spacial score (nSPS) is 18.0. The highest BCUT2D eigenvalue weighted by atomic mass is 35.5. The van der Waals surface area contributed by atoms with Crippen molar-refractivity contribution in [1.29, 1.82) is 0 Å². The van der Waals surface area contributed by atoms with Gasteiger partial charge in [-0.2, -0.15) is 0 Å². The summed E-state index contributed by atoms with van der Waals surface area (Å²) < 4.78 is 0. The van der Waals surface area contributed by atoms with Gasteiger partial charge in [0, 0.05) is 33.1 Å². The molecule has 0 saturated heterocycles. The van der Waals surface area contributed by atoms with Gasteiger partial charge in [0.25, 0.3) is 5.69 Å². The lowest BCUT2D eigenvalue weighted by Gasteiger charge is -2.26. The fourth-order valence-electron chi connectivity index (χ4n) is 5.00. The van der Waals surface area contributed by atoms with E-state index >= 15 is 0 Å². The van der Waals surface area contributed by atoms with Crippen LogP contribution in [0.15, 0.2) is 95.0 Å². The number of thiazole rings is 1. The quantitative estimate of drug-likeness (QED) is 0.195. The number of hydrazine groups is 1. The van der Waals surface area contributed by atoms with Crippen LogP contribution in [0.2, 0.25) is 10.0 Å². The molecule has 1 N–H and O–H groups in total. The molecule has 3 aromatic carbocycles. The third-order valence-corrected chi connectivity index (χ3v) is 8.17. The molecule has 0 radical (unpaired) electrons. The Morgan fingerprint density at radius 2 is 1.66 bits per heavy atom. The van der Waals surface area contributed by atoms with Crippen molar-refractivity contribution >= 4 is 51.4 Å². The molecule has 4 aromatic rings. The zero-order chi connectivity index (χ0) is 26.2. The van der Waals surface area contributed by atoms with E-state index < -0.39 is 4.92 Å². The zero-order valence-electron chi connectivity index (χ0n) is 20.1. The Balaban J connectivity index is 1.38. The number of nitrogens with zero attached hydrogens (tertiary/aromatic N) is 3. The first-order valence-corrected chi connectivity index (χ1v) is 13.8. The van der Waals surface area contributed by atoms with Gasteiger partial charge < -0.3 is 0 Å². The van der Waals surface area contributed by atoms with E-state index in [9.17, 15) is 10.1 Å². The molecule has 1 atom stereocenters. The summed E-state index contributed by atoms with van der Waals surface area (Å²) in [4.78, 5) is 15.6. The van der Waals surface area contributed by atoms with Gasteiger partial charge in [-0.05, 0) is 84.0 Å². The number of nitro benzene ring substituents is 1. The van der Waals surface area contributed by atoms with Gasteiger partial charge in [0.2, 0.25) is 5.13 Å². The van der Waals surface area contributed by atoms with Crippen molar-refractivity contribution in [2.75, 3.05) is 5.01 Å². The predicted molar refractivity (Wildman–Crippen MR) is 154 cm³/mol. The number of allylic oxidation sites excluding steroid dienone is 1. The van der Waals surface area contributed by atoms with Crippen LogP contribution in [0.3, 0.4) is 0 Å². The lowest BCUT2D eigenvalue weighted by atomic mass is 9.86. The standard InChI is InChI=1S/C29H22Cl2N4O2S/c30-22-10-4-18(5-11-22)16-21-2-1-3-25-27(21)33-34(28(25)20-6-12-23(31)13-7-20)29-32-26(17-38-29)19-8-14-24(15-9-19)35(36)37/h4-17,28,33H,1-3H2/b21-16-/t28-/m1/s1. The minimum atomic E-state index is -0.396. The molecule has 2 aliphatic rings. The highest BCUT2D eigenvalue weighted by Gasteiger charge is 2.38. The van der Waals surface area contributed by atoms with Crippen LogP contribution in [0.5, 0.6) is 0 Å². The fraction of sp³-hybridized carbons (Fsp3) is 0.138. The number of hydrogen-bond acceptors (Lipinski definition) is 6. The number of nitrogens with one attached hydrogen (secondary N) is 1. The van der Waals surface area contributed by atoms with E-state index in [-0.39, 0.29) is 11.7 Å². The van der Waals surface area contributed by atoms with Crippen LogP contribution in [-0.2, 0) is 0 Å². The number of non-ortho nitro benzene ring substituents is 1. The summed E-state index contributed by atoms with van der Waals surface area (Å²) in [5, 5.41) is 17.4. The van der Waals surface area contributed by atoms with E-state index in [1.165, 1.54) is 34.6 Å². The molecule has 38 heavy (non-hydrogen) atoms. The Hall–Kier alpha value is -3.65. The molecular formula is C29H22Cl2N4O2S. The smallest absolute Gasteiger partial charge is 0.269 e. The van der Waals surface area contributed by atoms with E-state index in [1.807, 2.05) is 41.8 Å². The molecule has 0 saturated carbocycles. The van der Waals surface area contributed by atoms with Crippen LogP contribution in [0.25, 0.3) is 17.3 Å². The highest BCUT2D eigenvalue weighted by molar-refractivity contribution is 7.14. The Kier molecular flexibility index (Phi) is 6.66. The summed E-state index contributed by atoms with van der Waals surface area (Å²) in [7, 11) is 0. The third kappa shape index (κ3) is 4.80. The van der Waals surface area contributed by atoms with Gasteiger partial charge in [-0.1, -0.05) is 47.5 Å². The van der Waals surface area contributed by atoms with E-state index in [4.69, 9.17) is 28.2 Å². The molecule has 0 fully saturated rings. The molecule has 0 unspecified atom stereocenters. The van der Waals surface area contributed by atoms with Gasteiger partial charge in [0.15, 0.2) is 0 Å². The number of nitro groups is 1.